The van der Waals surface area contributed by atoms with E-state index in [1.165, 1.54) is 0 Å². The average Bonchev–Trinajstić information content (AvgIpc) is 2.72. The minimum absolute atomic E-state index is 0.0398. The molecule has 3 aromatic carbocycles. The number of anilines is 1. The summed E-state index contributed by atoms with van der Waals surface area (Å²) in [7, 11) is 0. The molecule has 0 aliphatic rings. The molecule has 0 aliphatic carbocycles. The first kappa shape index (κ1) is 18.0. The number of nitrogens with zero attached hydrogens (tertiary/aromatic N) is 1. The van der Waals surface area contributed by atoms with E-state index < -0.39 is 0 Å². The summed E-state index contributed by atoms with van der Waals surface area (Å²) >= 11 is 0. The van der Waals surface area contributed by atoms with Crippen molar-refractivity contribution >= 4 is 11.6 Å². The van der Waals surface area contributed by atoms with Crippen molar-refractivity contribution in [2.75, 3.05) is 11.9 Å². The topological polar surface area (TPSA) is 71.3 Å². The highest BCUT2D eigenvalue weighted by Gasteiger charge is 2.07. The van der Waals surface area contributed by atoms with E-state index in [0.717, 1.165) is 5.56 Å². The van der Waals surface area contributed by atoms with Crippen LogP contribution in [0.5, 0.6) is 11.5 Å². The molecular formula is C22H18N2O3. The SMILES string of the molecule is N#CCOc1cccc(NC(=O)c2ccc(OCc3ccccc3)cc2)c1. The molecular weight excluding hydrogens is 340 g/mol. The number of hydrogen-bond donors (Lipinski definition) is 1. The molecule has 0 aromatic heterocycles. The summed E-state index contributed by atoms with van der Waals surface area (Å²) in [4.78, 5) is 12.4. The molecule has 1 N–H and O–H groups in total. The van der Waals surface area contributed by atoms with E-state index in [4.69, 9.17) is 14.7 Å². The van der Waals surface area contributed by atoms with Crippen LogP contribution in [0.15, 0.2) is 78.9 Å². The quantitative estimate of drug-likeness (QED) is 0.679. The van der Waals surface area contributed by atoms with Gasteiger partial charge in [-0.1, -0.05) is 36.4 Å². The Morgan fingerprint density at radius 1 is 0.889 bits per heavy atom. The number of hydrogen-bond acceptors (Lipinski definition) is 4. The molecule has 0 fully saturated rings. The molecule has 3 aromatic rings. The summed E-state index contributed by atoms with van der Waals surface area (Å²) in [6.07, 6.45) is 0. The van der Waals surface area contributed by atoms with Crippen LogP contribution in [-0.2, 0) is 6.61 Å². The third kappa shape index (κ3) is 5.35. The first-order valence-corrected chi connectivity index (χ1v) is 8.42. The lowest BCUT2D eigenvalue weighted by Crippen LogP contribution is -2.11. The number of rotatable bonds is 7. The molecule has 27 heavy (non-hydrogen) atoms. The van der Waals surface area contributed by atoms with Crippen LogP contribution in [0.1, 0.15) is 15.9 Å². The fourth-order valence-electron chi connectivity index (χ4n) is 2.43. The second-order valence-electron chi connectivity index (χ2n) is 5.73. The van der Waals surface area contributed by atoms with E-state index >= 15 is 0 Å². The fraction of sp³-hybridized carbons (Fsp3) is 0.0909. The lowest BCUT2D eigenvalue weighted by Gasteiger charge is -2.09. The van der Waals surface area contributed by atoms with Gasteiger partial charge in [-0.15, -0.1) is 0 Å². The maximum Gasteiger partial charge on any atom is 0.255 e. The van der Waals surface area contributed by atoms with Gasteiger partial charge in [0.05, 0.1) is 0 Å². The highest BCUT2D eigenvalue weighted by molar-refractivity contribution is 6.04. The molecule has 0 spiro atoms. The van der Waals surface area contributed by atoms with Gasteiger partial charge in [0.25, 0.3) is 5.91 Å². The van der Waals surface area contributed by atoms with Gasteiger partial charge in [0.1, 0.15) is 24.2 Å². The molecule has 0 unspecified atom stereocenters. The van der Waals surface area contributed by atoms with E-state index in [0.29, 0.717) is 29.4 Å². The van der Waals surface area contributed by atoms with Gasteiger partial charge in [-0.25, -0.2) is 0 Å². The van der Waals surface area contributed by atoms with Crippen molar-refractivity contribution in [1.29, 1.82) is 5.26 Å². The molecule has 0 saturated heterocycles. The van der Waals surface area contributed by atoms with Gasteiger partial charge in [0.2, 0.25) is 0 Å². The summed E-state index contributed by atoms with van der Waals surface area (Å²) in [6, 6.07) is 25.7. The Bertz CT molecular complexity index is 932. The predicted molar refractivity (Wildman–Crippen MR) is 103 cm³/mol. The monoisotopic (exact) mass is 358 g/mol. The van der Waals surface area contributed by atoms with Crippen LogP contribution in [0.25, 0.3) is 0 Å². The Hall–Kier alpha value is -3.78. The Morgan fingerprint density at radius 3 is 2.41 bits per heavy atom. The Labute approximate surface area is 157 Å². The number of nitrogens with one attached hydrogen (secondary N) is 1. The molecule has 0 aliphatic heterocycles. The molecule has 0 heterocycles. The van der Waals surface area contributed by atoms with Crippen LogP contribution < -0.4 is 14.8 Å². The van der Waals surface area contributed by atoms with Gasteiger partial charge < -0.3 is 14.8 Å². The number of carbonyl (C=O) groups excluding carboxylic acids is 1. The smallest absolute Gasteiger partial charge is 0.255 e. The van der Waals surface area contributed by atoms with Crippen molar-refractivity contribution in [1.82, 2.24) is 0 Å². The molecule has 1 amide bonds. The standard InChI is InChI=1S/C22H18N2O3/c23-13-14-26-21-8-4-7-19(15-21)24-22(25)18-9-11-20(12-10-18)27-16-17-5-2-1-3-6-17/h1-12,15H,14,16H2,(H,24,25). The van der Waals surface area contributed by atoms with Gasteiger partial charge in [-0.3, -0.25) is 4.79 Å². The highest BCUT2D eigenvalue weighted by atomic mass is 16.5. The van der Waals surface area contributed by atoms with Gasteiger partial charge in [0, 0.05) is 17.3 Å². The lowest BCUT2D eigenvalue weighted by atomic mass is 10.2. The molecule has 5 heteroatoms. The lowest BCUT2D eigenvalue weighted by molar-refractivity contribution is 0.102. The number of amides is 1. The molecule has 0 bridgehead atoms. The van der Waals surface area contributed by atoms with E-state index in [1.807, 2.05) is 36.4 Å². The second-order valence-corrected chi connectivity index (χ2v) is 5.73. The average molecular weight is 358 g/mol. The van der Waals surface area contributed by atoms with Crippen LogP contribution in [0.3, 0.4) is 0 Å². The normalized spacial score (nSPS) is 9.89. The molecule has 0 atom stereocenters. The summed E-state index contributed by atoms with van der Waals surface area (Å²) < 4.78 is 11.0. The van der Waals surface area contributed by atoms with Crippen molar-refractivity contribution in [3.05, 3.63) is 90.0 Å². The van der Waals surface area contributed by atoms with Crippen molar-refractivity contribution < 1.29 is 14.3 Å². The molecule has 3 rings (SSSR count). The summed E-state index contributed by atoms with van der Waals surface area (Å²) in [5.41, 5.74) is 2.20. The van der Waals surface area contributed by atoms with Crippen molar-refractivity contribution in [2.45, 2.75) is 6.61 Å². The van der Waals surface area contributed by atoms with Crippen molar-refractivity contribution in [2.24, 2.45) is 0 Å². The first-order valence-electron chi connectivity index (χ1n) is 8.42. The van der Waals surface area contributed by atoms with Gasteiger partial charge in [-0.2, -0.15) is 5.26 Å². The molecule has 0 radical (unpaired) electrons. The number of carbonyl (C=O) groups is 1. The third-order valence-electron chi connectivity index (χ3n) is 3.76. The summed E-state index contributed by atoms with van der Waals surface area (Å²) in [6.45, 7) is 0.434. The second kappa shape index (κ2) is 9.07. The first-order chi connectivity index (χ1) is 13.2. The number of ether oxygens (including phenoxy) is 2. The van der Waals surface area contributed by atoms with Crippen LogP contribution in [0.2, 0.25) is 0 Å². The van der Waals surface area contributed by atoms with E-state index in [9.17, 15) is 4.79 Å². The number of benzene rings is 3. The Balaban J connectivity index is 1.58. The van der Waals surface area contributed by atoms with E-state index in [-0.39, 0.29) is 12.5 Å². The minimum Gasteiger partial charge on any atom is -0.489 e. The van der Waals surface area contributed by atoms with Crippen molar-refractivity contribution in [3.8, 4) is 17.6 Å². The van der Waals surface area contributed by atoms with Gasteiger partial charge >= 0.3 is 0 Å². The highest BCUT2D eigenvalue weighted by Crippen LogP contribution is 2.19. The van der Waals surface area contributed by atoms with Crippen LogP contribution in [0.4, 0.5) is 5.69 Å². The van der Waals surface area contributed by atoms with Gasteiger partial charge in [0.15, 0.2) is 6.61 Å². The zero-order chi connectivity index (χ0) is 18.9. The zero-order valence-corrected chi connectivity index (χ0v) is 14.6. The Kier molecular flexibility index (Phi) is 6.05. The van der Waals surface area contributed by atoms with Crippen LogP contribution in [-0.4, -0.2) is 12.5 Å². The molecule has 134 valence electrons. The van der Waals surface area contributed by atoms with E-state index in [1.54, 1.807) is 48.5 Å². The predicted octanol–water partition coefficient (Wildman–Crippen LogP) is 4.42. The van der Waals surface area contributed by atoms with Crippen LogP contribution >= 0.6 is 0 Å². The van der Waals surface area contributed by atoms with Crippen LogP contribution in [0, 0.1) is 11.3 Å². The Morgan fingerprint density at radius 2 is 1.67 bits per heavy atom. The molecule has 0 saturated carbocycles. The fourth-order valence-corrected chi connectivity index (χ4v) is 2.43. The largest absolute Gasteiger partial charge is 0.489 e. The summed E-state index contributed by atoms with van der Waals surface area (Å²) in [5, 5.41) is 11.4. The minimum atomic E-state index is -0.234. The van der Waals surface area contributed by atoms with Gasteiger partial charge in [-0.05, 0) is 42.0 Å². The van der Waals surface area contributed by atoms with E-state index in [2.05, 4.69) is 5.32 Å². The van der Waals surface area contributed by atoms with Crippen molar-refractivity contribution in [3.63, 3.8) is 0 Å². The maximum absolute atomic E-state index is 12.4. The number of nitriles is 1. The molecule has 5 nitrogen and oxygen atoms in total. The summed E-state index contributed by atoms with van der Waals surface area (Å²) in [5.74, 6) is 0.989. The zero-order valence-electron chi connectivity index (χ0n) is 14.6. The maximum atomic E-state index is 12.4. The third-order valence-corrected chi connectivity index (χ3v) is 3.76.